The van der Waals surface area contributed by atoms with Gasteiger partial charge in [0.2, 0.25) is 11.8 Å². The van der Waals surface area contributed by atoms with Crippen LogP contribution in [0.5, 0.6) is 0 Å². The summed E-state index contributed by atoms with van der Waals surface area (Å²) < 4.78 is 18.1. The number of carbonyl (C=O) groups is 2. The molecule has 25 heavy (non-hydrogen) atoms. The number of hydrogen-bond acceptors (Lipinski definition) is 4. The first-order chi connectivity index (χ1) is 11.5. The monoisotopic (exact) mass is 373 g/mol. The van der Waals surface area contributed by atoms with Crippen LogP contribution in [0.3, 0.4) is 0 Å². The van der Waals surface area contributed by atoms with Crippen molar-refractivity contribution in [2.75, 3.05) is 39.9 Å². The van der Waals surface area contributed by atoms with Gasteiger partial charge in [-0.2, -0.15) is 0 Å². The van der Waals surface area contributed by atoms with E-state index in [4.69, 9.17) is 10.5 Å². The molecule has 2 rings (SSSR count). The lowest BCUT2D eigenvalue weighted by molar-refractivity contribution is -0.135. The summed E-state index contributed by atoms with van der Waals surface area (Å²) in [6.07, 6.45) is 0.856. The van der Waals surface area contributed by atoms with Crippen molar-refractivity contribution in [2.45, 2.75) is 18.9 Å². The number of rotatable bonds is 5. The number of carbonyl (C=O) groups excluding carboxylic acids is 2. The Kier molecular flexibility index (Phi) is 8.82. The van der Waals surface area contributed by atoms with Gasteiger partial charge in [0, 0.05) is 33.3 Å². The highest BCUT2D eigenvalue weighted by Gasteiger charge is 2.25. The number of nitrogens with two attached hydrogens (primary N) is 1. The third-order valence-corrected chi connectivity index (χ3v) is 4.07. The summed E-state index contributed by atoms with van der Waals surface area (Å²) in [4.78, 5) is 28.0. The van der Waals surface area contributed by atoms with Gasteiger partial charge in [-0.05, 0) is 24.1 Å². The zero-order valence-electron chi connectivity index (χ0n) is 14.3. The second-order valence-electron chi connectivity index (χ2n) is 5.93. The topological polar surface area (TPSA) is 75.9 Å². The Morgan fingerprint density at radius 1 is 1.24 bits per heavy atom. The molecule has 1 aromatic rings. The summed E-state index contributed by atoms with van der Waals surface area (Å²) in [6.45, 7) is 2.24. The minimum Gasteiger partial charge on any atom is -0.383 e. The van der Waals surface area contributed by atoms with Crippen LogP contribution < -0.4 is 5.73 Å². The van der Waals surface area contributed by atoms with Gasteiger partial charge in [-0.3, -0.25) is 9.59 Å². The molecule has 1 heterocycles. The highest BCUT2D eigenvalue weighted by molar-refractivity contribution is 5.85. The standard InChI is InChI=1S/C17H24FN3O3.ClH/c1-24-12-15(19)17(23)21-7-3-6-20(8-9-21)16(22)11-13-4-2-5-14(18)10-13;/h2,4-5,10,15H,3,6-9,11-12,19H2,1H3;1H. The van der Waals surface area contributed by atoms with Crippen molar-refractivity contribution in [3.05, 3.63) is 35.6 Å². The Labute approximate surface area is 153 Å². The summed E-state index contributed by atoms with van der Waals surface area (Å²) >= 11 is 0. The first-order valence-corrected chi connectivity index (χ1v) is 8.07. The molecule has 0 bridgehead atoms. The molecule has 0 saturated carbocycles. The van der Waals surface area contributed by atoms with E-state index < -0.39 is 6.04 Å². The SMILES string of the molecule is COCC(N)C(=O)N1CCCN(C(=O)Cc2cccc(F)c2)CC1.Cl. The van der Waals surface area contributed by atoms with E-state index in [9.17, 15) is 14.0 Å². The third-order valence-electron chi connectivity index (χ3n) is 4.07. The van der Waals surface area contributed by atoms with E-state index in [0.29, 0.717) is 38.2 Å². The number of methoxy groups -OCH3 is 1. The van der Waals surface area contributed by atoms with Gasteiger partial charge in [0.05, 0.1) is 13.0 Å². The minimum absolute atomic E-state index is 0. The van der Waals surface area contributed by atoms with Crippen molar-refractivity contribution in [2.24, 2.45) is 5.73 Å². The summed E-state index contributed by atoms with van der Waals surface area (Å²) in [5, 5.41) is 0. The zero-order chi connectivity index (χ0) is 17.5. The molecular formula is C17H25ClFN3O3. The molecule has 1 saturated heterocycles. The number of halogens is 2. The van der Waals surface area contributed by atoms with Gasteiger partial charge < -0.3 is 20.3 Å². The molecule has 0 radical (unpaired) electrons. The molecule has 1 unspecified atom stereocenters. The summed E-state index contributed by atoms with van der Waals surface area (Å²) in [5.41, 5.74) is 6.44. The smallest absolute Gasteiger partial charge is 0.241 e. The van der Waals surface area contributed by atoms with E-state index in [2.05, 4.69) is 0 Å². The predicted octanol–water partition coefficient (Wildman–Crippen LogP) is 0.825. The fourth-order valence-electron chi connectivity index (χ4n) is 2.81. The molecule has 1 atom stereocenters. The van der Waals surface area contributed by atoms with Crippen LogP contribution in [0.4, 0.5) is 4.39 Å². The molecule has 0 aromatic heterocycles. The first kappa shape index (κ1) is 21.3. The molecule has 8 heteroatoms. The lowest BCUT2D eigenvalue weighted by Crippen LogP contribution is -2.47. The van der Waals surface area contributed by atoms with Crippen molar-refractivity contribution in [3.8, 4) is 0 Å². The van der Waals surface area contributed by atoms with Gasteiger partial charge in [-0.25, -0.2) is 4.39 Å². The Hall–Kier alpha value is -1.70. The zero-order valence-corrected chi connectivity index (χ0v) is 15.1. The fraction of sp³-hybridized carbons (Fsp3) is 0.529. The maximum atomic E-state index is 13.2. The van der Waals surface area contributed by atoms with Crippen molar-refractivity contribution < 1.29 is 18.7 Å². The number of hydrogen-bond donors (Lipinski definition) is 1. The molecule has 6 nitrogen and oxygen atoms in total. The predicted molar refractivity (Wildman–Crippen MR) is 95.0 cm³/mol. The van der Waals surface area contributed by atoms with Gasteiger partial charge in [0.25, 0.3) is 0 Å². The van der Waals surface area contributed by atoms with Crippen molar-refractivity contribution >= 4 is 24.2 Å². The van der Waals surface area contributed by atoms with Crippen LogP contribution in [0.15, 0.2) is 24.3 Å². The van der Waals surface area contributed by atoms with Crippen LogP contribution in [-0.4, -0.2) is 67.6 Å². The Bertz CT molecular complexity index is 588. The second-order valence-corrected chi connectivity index (χ2v) is 5.93. The molecule has 1 fully saturated rings. The van der Waals surface area contributed by atoms with Crippen LogP contribution in [0.2, 0.25) is 0 Å². The van der Waals surface area contributed by atoms with Crippen molar-refractivity contribution in [1.29, 1.82) is 0 Å². The Morgan fingerprint density at radius 3 is 2.60 bits per heavy atom. The molecule has 0 spiro atoms. The van der Waals surface area contributed by atoms with E-state index in [-0.39, 0.29) is 43.1 Å². The number of nitrogens with zero attached hydrogens (tertiary/aromatic N) is 2. The molecule has 2 amide bonds. The second kappa shape index (κ2) is 10.3. The maximum Gasteiger partial charge on any atom is 0.241 e. The fourth-order valence-corrected chi connectivity index (χ4v) is 2.81. The molecular weight excluding hydrogens is 349 g/mol. The van der Waals surface area contributed by atoms with Crippen LogP contribution in [0.1, 0.15) is 12.0 Å². The van der Waals surface area contributed by atoms with E-state index in [1.807, 2.05) is 0 Å². The lowest BCUT2D eigenvalue weighted by atomic mass is 10.1. The Morgan fingerprint density at radius 2 is 1.92 bits per heavy atom. The average molecular weight is 374 g/mol. The van der Waals surface area contributed by atoms with Gasteiger partial charge >= 0.3 is 0 Å². The van der Waals surface area contributed by atoms with Crippen LogP contribution in [-0.2, 0) is 20.7 Å². The van der Waals surface area contributed by atoms with Crippen molar-refractivity contribution in [1.82, 2.24) is 9.80 Å². The van der Waals surface area contributed by atoms with Gasteiger partial charge in [-0.1, -0.05) is 12.1 Å². The van der Waals surface area contributed by atoms with Gasteiger partial charge in [-0.15, -0.1) is 12.4 Å². The molecule has 1 aromatic carbocycles. The molecule has 1 aliphatic rings. The normalized spacial score (nSPS) is 16.0. The first-order valence-electron chi connectivity index (χ1n) is 8.07. The largest absolute Gasteiger partial charge is 0.383 e. The number of benzene rings is 1. The maximum absolute atomic E-state index is 13.2. The summed E-state index contributed by atoms with van der Waals surface area (Å²) in [5.74, 6) is -0.563. The number of ether oxygens (including phenoxy) is 1. The van der Waals surface area contributed by atoms with Gasteiger partial charge in [0.15, 0.2) is 0 Å². The van der Waals surface area contributed by atoms with E-state index in [1.165, 1.54) is 19.2 Å². The highest BCUT2D eigenvalue weighted by Crippen LogP contribution is 2.10. The molecule has 140 valence electrons. The van der Waals surface area contributed by atoms with Crippen LogP contribution in [0, 0.1) is 5.82 Å². The Balaban J connectivity index is 0.00000312. The van der Waals surface area contributed by atoms with Crippen LogP contribution >= 0.6 is 12.4 Å². The highest BCUT2D eigenvalue weighted by atomic mass is 35.5. The number of amides is 2. The van der Waals surface area contributed by atoms with Gasteiger partial charge in [0.1, 0.15) is 11.9 Å². The van der Waals surface area contributed by atoms with E-state index in [1.54, 1.807) is 21.9 Å². The van der Waals surface area contributed by atoms with Crippen LogP contribution in [0.25, 0.3) is 0 Å². The van der Waals surface area contributed by atoms with Crippen molar-refractivity contribution in [3.63, 3.8) is 0 Å². The molecule has 1 aliphatic heterocycles. The quantitative estimate of drug-likeness (QED) is 0.829. The van der Waals surface area contributed by atoms with E-state index >= 15 is 0 Å². The average Bonchev–Trinajstić information content (AvgIpc) is 2.80. The molecule has 0 aliphatic carbocycles. The third kappa shape index (κ3) is 6.26. The molecule has 2 N–H and O–H groups in total. The van der Waals surface area contributed by atoms with E-state index in [0.717, 1.165) is 0 Å². The lowest BCUT2D eigenvalue weighted by Gasteiger charge is -2.24. The minimum atomic E-state index is -0.676. The summed E-state index contributed by atoms with van der Waals surface area (Å²) in [6, 6.07) is 5.38. The summed E-state index contributed by atoms with van der Waals surface area (Å²) in [7, 11) is 1.50.